The normalized spacial score (nSPS) is 21.0. The molecule has 6 nitrogen and oxygen atoms in total. The fourth-order valence-corrected chi connectivity index (χ4v) is 5.02. The lowest BCUT2D eigenvalue weighted by Gasteiger charge is -2.28. The molecule has 0 fully saturated rings. The van der Waals surface area contributed by atoms with E-state index in [-0.39, 0.29) is 11.8 Å². The summed E-state index contributed by atoms with van der Waals surface area (Å²) in [5, 5.41) is 12.1. The molecule has 0 bridgehead atoms. The summed E-state index contributed by atoms with van der Waals surface area (Å²) in [5.41, 5.74) is 3.67. The second-order valence-corrected chi connectivity index (χ2v) is 9.40. The molecule has 3 aromatic rings. The molecular weight excluding hydrogens is 492 g/mol. The standard InChI is InChI=1S/C27H23BrN4O2/c1-17-23(26(33)31(29-17)21-9-5-3-6-10-21)25(19-13-15-20(28)16-14-19)24-18(2)30-32(27(24)34)22-11-7-4-8-12-22/h3-16,23-25H,1-2H3. The molecule has 0 spiro atoms. The van der Waals surface area contributed by atoms with Gasteiger partial charge in [0.1, 0.15) is 0 Å². The lowest BCUT2D eigenvalue weighted by atomic mass is 9.73. The Hall–Kier alpha value is -3.58. The number of rotatable bonds is 5. The number of anilines is 2. The van der Waals surface area contributed by atoms with Crippen molar-refractivity contribution in [2.45, 2.75) is 19.8 Å². The predicted molar refractivity (Wildman–Crippen MR) is 138 cm³/mol. The van der Waals surface area contributed by atoms with E-state index in [0.29, 0.717) is 22.8 Å². The summed E-state index contributed by atoms with van der Waals surface area (Å²) in [6.07, 6.45) is 0. The van der Waals surface area contributed by atoms with Gasteiger partial charge in [0.15, 0.2) is 0 Å². The highest BCUT2D eigenvalue weighted by Crippen LogP contribution is 2.42. The number of hydrogen-bond donors (Lipinski definition) is 0. The molecule has 2 unspecified atom stereocenters. The van der Waals surface area contributed by atoms with Crippen molar-refractivity contribution in [2.75, 3.05) is 10.0 Å². The number of halogens is 1. The van der Waals surface area contributed by atoms with Crippen molar-refractivity contribution in [3.63, 3.8) is 0 Å². The molecule has 0 N–H and O–H groups in total. The van der Waals surface area contributed by atoms with Crippen molar-refractivity contribution in [2.24, 2.45) is 22.0 Å². The van der Waals surface area contributed by atoms with Gasteiger partial charge in [0.25, 0.3) is 11.8 Å². The number of hydrazone groups is 2. The third-order valence-corrected chi connectivity index (χ3v) is 6.87. The van der Waals surface area contributed by atoms with Gasteiger partial charge in [-0.25, -0.2) is 10.0 Å². The lowest BCUT2D eigenvalue weighted by Crippen LogP contribution is -2.40. The van der Waals surface area contributed by atoms with Gasteiger partial charge in [0, 0.05) is 21.8 Å². The minimum atomic E-state index is -0.587. The number of carbonyl (C=O) groups excluding carboxylic acids is 2. The van der Waals surface area contributed by atoms with Crippen molar-refractivity contribution in [1.29, 1.82) is 0 Å². The van der Waals surface area contributed by atoms with Gasteiger partial charge in [-0.2, -0.15) is 10.2 Å². The highest BCUT2D eigenvalue weighted by molar-refractivity contribution is 9.10. The molecule has 0 saturated heterocycles. The maximum atomic E-state index is 13.8. The van der Waals surface area contributed by atoms with Crippen LogP contribution in [-0.4, -0.2) is 23.2 Å². The van der Waals surface area contributed by atoms with Gasteiger partial charge in [0.05, 0.1) is 23.2 Å². The van der Waals surface area contributed by atoms with Crippen LogP contribution in [0.2, 0.25) is 0 Å². The third kappa shape index (κ3) is 3.86. The molecule has 2 atom stereocenters. The minimum absolute atomic E-state index is 0.143. The largest absolute Gasteiger partial charge is 0.272 e. The molecule has 5 rings (SSSR count). The average Bonchev–Trinajstić information content (AvgIpc) is 3.32. The fraction of sp³-hybridized carbons (Fsp3) is 0.185. The minimum Gasteiger partial charge on any atom is -0.272 e. The van der Waals surface area contributed by atoms with Crippen molar-refractivity contribution >= 4 is 50.5 Å². The van der Waals surface area contributed by atoms with Crippen molar-refractivity contribution in [1.82, 2.24) is 0 Å². The zero-order valence-electron chi connectivity index (χ0n) is 18.8. The van der Waals surface area contributed by atoms with Crippen molar-refractivity contribution in [3.8, 4) is 0 Å². The topological polar surface area (TPSA) is 65.3 Å². The van der Waals surface area contributed by atoms with E-state index in [1.54, 1.807) is 0 Å². The number of para-hydroxylation sites is 2. The molecule has 0 radical (unpaired) electrons. The zero-order valence-corrected chi connectivity index (χ0v) is 20.4. The maximum Gasteiger partial charge on any atom is 0.256 e. The summed E-state index contributed by atoms with van der Waals surface area (Å²) in [4.78, 5) is 27.5. The molecule has 34 heavy (non-hydrogen) atoms. The summed E-state index contributed by atoms with van der Waals surface area (Å²) in [5.74, 6) is -1.90. The number of carbonyl (C=O) groups is 2. The number of hydrogen-bond acceptors (Lipinski definition) is 4. The van der Waals surface area contributed by atoms with Crippen LogP contribution in [0.25, 0.3) is 0 Å². The van der Waals surface area contributed by atoms with Crippen LogP contribution in [0.3, 0.4) is 0 Å². The van der Waals surface area contributed by atoms with Gasteiger partial charge >= 0.3 is 0 Å². The van der Waals surface area contributed by atoms with E-state index in [2.05, 4.69) is 26.1 Å². The van der Waals surface area contributed by atoms with Gasteiger partial charge in [-0.15, -0.1) is 0 Å². The van der Waals surface area contributed by atoms with Gasteiger partial charge in [-0.05, 0) is 55.8 Å². The Morgan fingerprint density at radius 1 is 0.676 bits per heavy atom. The van der Waals surface area contributed by atoms with Crippen LogP contribution >= 0.6 is 15.9 Å². The van der Waals surface area contributed by atoms with Gasteiger partial charge < -0.3 is 0 Å². The summed E-state index contributed by atoms with van der Waals surface area (Å²) < 4.78 is 0.929. The molecular formula is C27H23BrN4O2. The number of nitrogens with zero attached hydrogens (tertiary/aromatic N) is 4. The molecule has 0 aliphatic carbocycles. The van der Waals surface area contributed by atoms with E-state index in [4.69, 9.17) is 0 Å². The average molecular weight is 515 g/mol. The van der Waals surface area contributed by atoms with Crippen LogP contribution in [-0.2, 0) is 9.59 Å². The molecule has 7 heteroatoms. The van der Waals surface area contributed by atoms with Gasteiger partial charge in [0.2, 0.25) is 0 Å². The van der Waals surface area contributed by atoms with Crippen LogP contribution in [0.5, 0.6) is 0 Å². The van der Waals surface area contributed by atoms with Crippen molar-refractivity contribution in [3.05, 3.63) is 95.0 Å². The number of amides is 2. The highest BCUT2D eigenvalue weighted by Gasteiger charge is 2.50. The molecule has 170 valence electrons. The quantitative estimate of drug-likeness (QED) is 0.444. The first-order valence-corrected chi connectivity index (χ1v) is 11.9. The molecule has 0 aromatic heterocycles. The van der Waals surface area contributed by atoms with E-state index < -0.39 is 17.8 Å². The van der Waals surface area contributed by atoms with Crippen molar-refractivity contribution < 1.29 is 9.59 Å². The first kappa shape index (κ1) is 22.2. The maximum absolute atomic E-state index is 13.8. The van der Waals surface area contributed by atoms with Crippen LogP contribution in [0.15, 0.2) is 99.6 Å². The Morgan fingerprint density at radius 2 is 1.09 bits per heavy atom. The molecule has 3 aromatic carbocycles. The van der Waals surface area contributed by atoms with E-state index in [0.717, 1.165) is 10.0 Å². The smallest absolute Gasteiger partial charge is 0.256 e. The highest BCUT2D eigenvalue weighted by atomic mass is 79.9. The molecule has 2 heterocycles. The third-order valence-electron chi connectivity index (χ3n) is 6.34. The Bertz CT molecular complexity index is 1210. The summed E-state index contributed by atoms with van der Waals surface area (Å²) in [7, 11) is 0. The molecule has 2 amide bonds. The van der Waals surface area contributed by atoms with E-state index >= 15 is 0 Å². The SMILES string of the molecule is CC1=NN(c2ccccc2)C(=O)C1C(c1ccc(Br)cc1)C1C(=O)N(c2ccccc2)N=C1C. The summed E-state index contributed by atoms with van der Waals surface area (Å²) in [6, 6.07) is 26.5. The molecule has 2 aliphatic rings. The summed E-state index contributed by atoms with van der Waals surface area (Å²) in [6.45, 7) is 3.72. The molecule has 2 aliphatic heterocycles. The van der Waals surface area contributed by atoms with Crippen LogP contribution in [0, 0.1) is 11.8 Å². The second-order valence-electron chi connectivity index (χ2n) is 8.49. The monoisotopic (exact) mass is 514 g/mol. The van der Waals surface area contributed by atoms with E-state index in [9.17, 15) is 9.59 Å². The number of benzene rings is 3. The van der Waals surface area contributed by atoms with Gasteiger partial charge in [-0.3, -0.25) is 9.59 Å². The van der Waals surface area contributed by atoms with E-state index in [1.807, 2.05) is 98.8 Å². The Balaban J connectivity index is 1.57. The first-order valence-electron chi connectivity index (χ1n) is 11.1. The van der Waals surface area contributed by atoms with Gasteiger partial charge in [-0.1, -0.05) is 64.5 Å². The zero-order chi connectivity index (χ0) is 23.8. The summed E-state index contributed by atoms with van der Waals surface area (Å²) >= 11 is 3.49. The van der Waals surface area contributed by atoms with Crippen LogP contribution in [0.1, 0.15) is 25.3 Å². The predicted octanol–water partition coefficient (Wildman–Crippen LogP) is 5.61. The second kappa shape index (κ2) is 8.99. The lowest BCUT2D eigenvalue weighted by molar-refractivity contribution is -0.122. The molecule has 0 saturated carbocycles. The Kier molecular flexibility index (Phi) is 5.87. The Labute approximate surface area is 206 Å². The van der Waals surface area contributed by atoms with Crippen LogP contribution < -0.4 is 10.0 Å². The first-order chi connectivity index (χ1) is 16.5. The fourth-order valence-electron chi connectivity index (χ4n) is 4.76. The van der Waals surface area contributed by atoms with Crippen LogP contribution in [0.4, 0.5) is 11.4 Å². The van der Waals surface area contributed by atoms with E-state index in [1.165, 1.54) is 10.0 Å². The Morgan fingerprint density at radius 3 is 1.50 bits per heavy atom.